The fraction of sp³-hybridized carbons (Fsp3) is 0.429. The molecule has 2 heterocycles. The van der Waals surface area contributed by atoms with Gasteiger partial charge in [0, 0.05) is 25.7 Å². The molecule has 0 radical (unpaired) electrons. The minimum Gasteiger partial charge on any atom is -0.497 e. The van der Waals surface area contributed by atoms with Crippen LogP contribution in [0.1, 0.15) is 32.1 Å². The van der Waals surface area contributed by atoms with Gasteiger partial charge in [0.1, 0.15) is 11.5 Å². The van der Waals surface area contributed by atoms with E-state index in [4.69, 9.17) is 9.47 Å². The summed E-state index contributed by atoms with van der Waals surface area (Å²) < 4.78 is 10.8. The van der Waals surface area contributed by atoms with Crippen LogP contribution in [-0.2, 0) is 4.79 Å². The van der Waals surface area contributed by atoms with E-state index in [1.54, 1.807) is 13.3 Å². The van der Waals surface area contributed by atoms with Crippen LogP contribution in [0.15, 0.2) is 42.6 Å². The van der Waals surface area contributed by atoms with E-state index in [1.807, 2.05) is 36.4 Å². The fourth-order valence-corrected chi connectivity index (χ4v) is 3.16. The Morgan fingerprint density at radius 1 is 1.11 bits per heavy atom. The number of carbonyl (C=O) groups is 1. The number of rotatable bonds is 8. The maximum atomic E-state index is 12.3. The lowest BCUT2D eigenvalue weighted by Crippen LogP contribution is -2.31. The Balaban J connectivity index is 1.45. The molecule has 0 saturated carbocycles. The molecular weight excluding hydrogens is 342 g/mol. The van der Waals surface area contributed by atoms with E-state index in [0.717, 1.165) is 36.1 Å². The summed E-state index contributed by atoms with van der Waals surface area (Å²) in [5.41, 5.74) is 0.792. The van der Waals surface area contributed by atoms with Crippen LogP contribution in [0.5, 0.6) is 11.5 Å². The fourth-order valence-electron chi connectivity index (χ4n) is 3.16. The normalized spacial score (nSPS) is 13.9. The smallest absolute Gasteiger partial charge is 0.224 e. The maximum absolute atomic E-state index is 12.3. The minimum absolute atomic E-state index is 0.0143. The lowest BCUT2D eigenvalue weighted by Gasteiger charge is -2.29. The number of benzene rings is 1. The monoisotopic (exact) mass is 369 g/mol. The number of nitrogens with one attached hydrogen (secondary N) is 1. The van der Waals surface area contributed by atoms with Crippen LogP contribution in [0.3, 0.4) is 0 Å². The summed E-state index contributed by atoms with van der Waals surface area (Å²) in [6, 6.07) is 11.2. The number of carbonyl (C=O) groups excluding carboxylic acids is 1. The number of hydrogen-bond donors (Lipinski definition) is 1. The van der Waals surface area contributed by atoms with Crippen molar-refractivity contribution >= 4 is 17.4 Å². The molecule has 0 bridgehead atoms. The minimum atomic E-state index is -0.0143. The van der Waals surface area contributed by atoms with E-state index in [2.05, 4.69) is 15.2 Å². The predicted molar refractivity (Wildman–Crippen MR) is 107 cm³/mol. The molecule has 1 aromatic heterocycles. The highest BCUT2D eigenvalue weighted by molar-refractivity contribution is 5.93. The maximum Gasteiger partial charge on any atom is 0.224 e. The lowest BCUT2D eigenvalue weighted by atomic mass is 10.1. The number of piperidine rings is 1. The van der Waals surface area contributed by atoms with Crippen molar-refractivity contribution in [2.45, 2.75) is 32.1 Å². The van der Waals surface area contributed by atoms with E-state index < -0.39 is 0 Å². The molecule has 1 fully saturated rings. The first kappa shape index (κ1) is 19.0. The van der Waals surface area contributed by atoms with Crippen LogP contribution < -0.4 is 19.7 Å². The number of ether oxygens (including phenoxy) is 2. The molecule has 1 amide bonds. The average molecular weight is 369 g/mol. The molecule has 0 atom stereocenters. The Hall–Kier alpha value is -2.76. The van der Waals surface area contributed by atoms with Crippen LogP contribution in [0.4, 0.5) is 11.5 Å². The van der Waals surface area contributed by atoms with E-state index in [-0.39, 0.29) is 5.91 Å². The van der Waals surface area contributed by atoms with E-state index in [0.29, 0.717) is 19.4 Å². The van der Waals surface area contributed by atoms with Gasteiger partial charge in [-0.25, -0.2) is 4.98 Å². The van der Waals surface area contributed by atoms with Gasteiger partial charge in [-0.15, -0.1) is 0 Å². The summed E-state index contributed by atoms with van der Waals surface area (Å²) in [4.78, 5) is 19.1. The molecule has 1 saturated heterocycles. The highest BCUT2D eigenvalue weighted by Crippen LogP contribution is 2.26. The number of amides is 1. The summed E-state index contributed by atoms with van der Waals surface area (Å²) in [5, 5.41) is 3.01. The molecule has 2 aromatic rings. The van der Waals surface area contributed by atoms with Gasteiger partial charge < -0.3 is 19.7 Å². The van der Waals surface area contributed by atoms with Gasteiger partial charge in [0.2, 0.25) is 5.91 Å². The highest BCUT2D eigenvalue weighted by Gasteiger charge is 2.16. The molecular formula is C21H27N3O3. The van der Waals surface area contributed by atoms with Gasteiger partial charge in [-0.3, -0.25) is 4.79 Å². The number of nitrogens with zero attached hydrogens (tertiary/aromatic N) is 2. The molecule has 144 valence electrons. The van der Waals surface area contributed by atoms with Crippen LogP contribution in [0, 0.1) is 0 Å². The first-order valence-electron chi connectivity index (χ1n) is 9.53. The summed E-state index contributed by atoms with van der Waals surface area (Å²) in [5.74, 6) is 2.43. The zero-order valence-electron chi connectivity index (χ0n) is 15.8. The molecule has 1 aromatic carbocycles. The lowest BCUT2D eigenvalue weighted by molar-refractivity contribution is -0.116. The topological polar surface area (TPSA) is 63.7 Å². The highest BCUT2D eigenvalue weighted by atomic mass is 16.5. The molecule has 1 aliphatic rings. The van der Waals surface area contributed by atoms with Crippen molar-refractivity contribution in [3.05, 3.63) is 42.6 Å². The van der Waals surface area contributed by atoms with Crippen molar-refractivity contribution in [3.63, 3.8) is 0 Å². The molecule has 6 nitrogen and oxygen atoms in total. The molecule has 1 N–H and O–H groups in total. The van der Waals surface area contributed by atoms with Crippen molar-refractivity contribution < 1.29 is 14.3 Å². The Labute approximate surface area is 160 Å². The summed E-state index contributed by atoms with van der Waals surface area (Å²) in [6.07, 6.45) is 6.45. The standard InChI is InChI=1S/C21H27N3O3/c1-26-17-9-11-18(12-10-17)27-16-6-8-20(25)23-19-7-5-13-22-21(19)24-14-3-2-4-15-24/h5,7,9-13H,2-4,6,8,14-16H2,1H3,(H,23,25). The average Bonchev–Trinajstić information content (AvgIpc) is 2.73. The van der Waals surface area contributed by atoms with Gasteiger partial charge in [-0.2, -0.15) is 0 Å². The Morgan fingerprint density at radius 2 is 1.85 bits per heavy atom. The van der Waals surface area contributed by atoms with Crippen molar-refractivity contribution in [1.29, 1.82) is 0 Å². The summed E-state index contributed by atoms with van der Waals surface area (Å²) in [7, 11) is 1.63. The zero-order valence-corrected chi connectivity index (χ0v) is 15.8. The second kappa shape index (κ2) is 9.80. The molecule has 0 aliphatic carbocycles. The van der Waals surface area contributed by atoms with Gasteiger partial charge in [-0.05, 0) is 62.1 Å². The number of hydrogen-bond acceptors (Lipinski definition) is 5. The van der Waals surface area contributed by atoms with E-state index >= 15 is 0 Å². The first-order chi connectivity index (χ1) is 13.3. The van der Waals surface area contributed by atoms with Crippen LogP contribution >= 0.6 is 0 Å². The van der Waals surface area contributed by atoms with Gasteiger partial charge >= 0.3 is 0 Å². The third-order valence-electron chi connectivity index (χ3n) is 4.59. The van der Waals surface area contributed by atoms with Gasteiger partial charge in [-0.1, -0.05) is 0 Å². The molecule has 27 heavy (non-hydrogen) atoms. The van der Waals surface area contributed by atoms with Crippen LogP contribution in [0.25, 0.3) is 0 Å². The second-order valence-corrected chi connectivity index (χ2v) is 6.60. The number of aromatic nitrogens is 1. The molecule has 0 unspecified atom stereocenters. The van der Waals surface area contributed by atoms with E-state index in [9.17, 15) is 4.79 Å². The van der Waals surface area contributed by atoms with Crippen molar-refractivity contribution in [3.8, 4) is 11.5 Å². The van der Waals surface area contributed by atoms with Crippen molar-refractivity contribution in [2.75, 3.05) is 37.0 Å². The summed E-state index contributed by atoms with van der Waals surface area (Å²) in [6.45, 7) is 2.48. The molecule has 6 heteroatoms. The Bertz CT molecular complexity index is 728. The van der Waals surface area contributed by atoms with Crippen molar-refractivity contribution in [2.24, 2.45) is 0 Å². The largest absolute Gasteiger partial charge is 0.497 e. The van der Waals surface area contributed by atoms with Gasteiger partial charge in [0.25, 0.3) is 0 Å². The van der Waals surface area contributed by atoms with E-state index in [1.165, 1.54) is 19.3 Å². The molecule has 1 aliphatic heterocycles. The third kappa shape index (κ3) is 5.61. The second-order valence-electron chi connectivity index (χ2n) is 6.60. The zero-order chi connectivity index (χ0) is 18.9. The summed E-state index contributed by atoms with van der Waals surface area (Å²) >= 11 is 0. The third-order valence-corrected chi connectivity index (χ3v) is 4.59. The van der Waals surface area contributed by atoms with Crippen LogP contribution in [-0.4, -0.2) is 37.7 Å². The quantitative estimate of drug-likeness (QED) is 0.716. The predicted octanol–water partition coefficient (Wildman–Crippen LogP) is 3.88. The number of pyridine rings is 1. The Kier molecular flexibility index (Phi) is 6.90. The number of methoxy groups -OCH3 is 1. The SMILES string of the molecule is COc1ccc(OCCCC(=O)Nc2cccnc2N2CCCCC2)cc1. The Morgan fingerprint density at radius 3 is 2.59 bits per heavy atom. The molecule has 3 rings (SSSR count). The first-order valence-corrected chi connectivity index (χ1v) is 9.53. The van der Waals surface area contributed by atoms with Crippen LogP contribution in [0.2, 0.25) is 0 Å². The van der Waals surface area contributed by atoms with Gasteiger partial charge in [0.15, 0.2) is 5.82 Å². The van der Waals surface area contributed by atoms with Gasteiger partial charge in [0.05, 0.1) is 19.4 Å². The van der Waals surface area contributed by atoms with Crippen molar-refractivity contribution in [1.82, 2.24) is 4.98 Å². The number of anilines is 2. The molecule has 0 spiro atoms.